The average Bonchev–Trinajstić information content (AvgIpc) is 3.32. The molecule has 0 saturated carbocycles. The van der Waals surface area contributed by atoms with Gasteiger partial charge < -0.3 is 15.0 Å². The van der Waals surface area contributed by atoms with Crippen LogP contribution in [0.5, 0.6) is 0 Å². The summed E-state index contributed by atoms with van der Waals surface area (Å²) in [7, 11) is 1.84. The number of ether oxygens (including phenoxy) is 1. The Bertz CT molecular complexity index is 837. The van der Waals surface area contributed by atoms with Crippen molar-refractivity contribution in [3.8, 4) is 0 Å². The van der Waals surface area contributed by atoms with Crippen molar-refractivity contribution >= 4 is 11.8 Å². The molecule has 0 bridgehead atoms. The van der Waals surface area contributed by atoms with E-state index in [1.807, 2.05) is 42.4 Å². The van der Waals surface area contributed by atoms with Crippen LogP contribution in [0.4, 0.5) is 0 Å². The summed E-state index contributed by atoms with van der Waals surface area (Å²) in [6.07, 6.45) is 5.47. The fraction of sp³-hybridized carbons (Fsp3) is 0.500. The molecular formula is C20H25N5O3. The number of carbonyl (C=O) groups excluding carboxylic acids is 2. The van der Waals surface area contributed by atoms with E-state index in [0.29, 0.717) is 25.9 Å². The van der Waals surface area contributed by atoms with Gasteiger partial charge in [0.25, 0.3) is 0 Å². The predicted molar refractivity (Wildman–Crippen MR) is 101 cm³/mol. The first-order chi connectivity index (χ1) is 13.6. The van der Waals surface area contributed by atoms with Gasteiger partial charge in [-0.1, -0.05) is 6.07 Å². The van der Waals surface area contributed by atoms with Gasteiger partial charge >= 0.3 is 0 Å². The molecule has 8 nitrogen and oxygen atoms in total. The maximum Gasteiger partial charge on any atom is 0.249 e. The molecule has 2 aliphatic heterocycles. The number of aromatic nitrogens is 3. The molecule has 0 radical (unpaired) electrons. The number of nitrogens with one attached hydrogen (secondary N) is 1. The minimum Gasteiger partial charge on any atom is -0.363 e. The van der Waals surface area contributed by atoms with Crippen LogP contribution in [0.15, 0.2) is 36.7 Å². The molecule has 8 heteroatoms. The van der Waals surface area contributed by atoms with Gasteiger partial charge in [-0.3, -0.25) is 19.3 Å². The second-order valence-electron chi connectivity index (χ2n) is 7.38. The summed E-state index contributed by atoms with van der Waals surface area (Å²) in [5, 5.41) is 7.19. The minimum absolute atomic E-state index is 0.0519. The SMILES string of the molecule is Cn1ccc(CC(=O)N2CC[C@H]3O[C@@H](C(=O)NCc4ccccn4)CC[C@H]32)n1. The number of hydrogen-bond donors (Lipinski definition) is 1. The summed E-state index contributed by atoms with van der Waals surface area (Å²) in [5.41, 5.74) is 1.59. The minimum atomic E-state index is -0.462. The van der Waals surface area contributed by atoms with E-state index in [0.717, 1.165) is 24.2 Å². The molecule has 2 fully saturated rings. The number of likely N-dealkylation sites (tertiary alicyclic amines) is 1. The van der Waals surface area contributed by atoms with Crippen LogP contribution in [0, 0.1) is 0 Å². The highest BCUT2D eigenvalue weighted by Crippen LogP contribution is 2.32. The topological polar surface area (TPSA) is 89.4 Å². The molecule has 0 aromatic carbocycles. The lowest BCUT2D eigenvalue weighted by atomic mass is 9.98. The van der Waals surface area contributed by atoms with Crippen molar-refractivity contribution in [2.75, 3.05) is 6.54 Å². The molecule has 28 heavy (non-hydrogen) atoms. The summed E-state index contributed by atoms with van der Waals surface area (Å²) in [5.74, 6) is -0.0322. The molecule has 0 spiro atoms. The van der Waals surface area contributed by atoms with Gasteiger partial charge in [0.15, 0.2) is 0 Å². The summed E-state index contributed by atoms with van der Waals surface area (Å²) >= 11 is 0. The number of rotatable bonds is 5. The number of amides is 2. The molecule has 2 aromatic rings. The summed E-state index contributed by atoms with van der Waals surface area (Å²) in [4.78, 5) is 31.3. The predicted octanol–water partition coefficient (Wildman–Crippen LogP) is 0.823. The summed E-state index contributed by atoms with van der Waals surface area (Å²) < 4.78 is 7.75. The molecule has 3 atom stereocenters. The quantitative estimate of drug-likeness (QED) is 0.826. The first-order valence-electron chi connectivity index (χ1n) is 9.71. The first kappa shape index (κ1) is 18.6. The molecule has 2 amide bonds. The molecule has 4 heterocycles. The van der Waals surface area contributed by atoms with Gasteiger partial charge in [0.1, 0.15) is 6.10 Å². The van der Waals surface area contributed by atoms with E-state index < -0.39 is 6.10 Å². The standard InChI is InChI=1S/C20H25N5O3/c1-24-10-7-14(23-24)12-19(26)25-11-8-17-16(25)5-6-18(28-17)20(27)22-13-15-4-2-3-9-21-15/h2-4,7,9-10,16-18H,5-6,8,11-13H2,1H3,(H,22,27)/t16-,17-,18-/m1/s1. The van der Waals surface area contributed by atoms with E-state index in [4.69, 9.17) is 4.74 Å². The molecule has 2 aromatic heterocycles. The van der Waals surface area contributed by atoms with Gasteiger partial charge in [0.2, 0.25) is 11.8 Å². The van der Waals surface area contributed by atoms with Crippen LogP contribution in [0.25, 0.3) is 0 Å². The molecule has 0 aliphatic carbocycles. The zero-order valence-electron chi connectivity index (χ0n) is 16.0. The molecule has 2 aliphatic rings. The third kappa shape index (κ3) is 4.06. The van der Waals surface area contributed by atoms with Crippen LogP contribution in [-0.4, -0.2) is 56.3 Å². The van der Waals surface area contributed by atoms with Crippen LogP contribution in [0.1, 0.15) is 30.7 Å². The smallest absolute Gasteiger partial charge is 0.249 e. The maximum atomic E-state index is 12.7. The lowest BCUT2D eigenvalue weighted by Crippen LogP contribution is -2.49. The molecule has 148 valence electrons. The van der Waals surface area contributed by atoms with Gasteiger partial charge in [0, 0.05) is 26.0 Å². The Morgan fingerprint density at radius 2 is 2.11 bits per heavy atom. The number of pyridine rings is 1. The zero-order chi connectivity index (χ0) is 19.5. The average molecular weight is 383 g/mol. The van der Waals surface area contributed by atoms with Crippen molar-refractivity contribution in [3.05, 3.63) is 48.0 Å². The van der Waals surface area contributed by atoms with E-state index in [9.17, 15) is 9.59 Å². The van der Waals surface area contributed by atoms with Crippen molar-refractivity contribution in [1.82, 2.24) is 25.0 Å². The van der Waals surface area contributed by atoms with Crippen molar-refractivity contribution in [2.45, 2.75) is 50.5 Å². The largest absolute Gasteiger partial charge is 0.363 e. The monoisotopic (exact) mass is 383 g/mol. The number of nitrogens with zero attached hydrogens (tertiary/aromatic N) is 4. The Morgan fingerprint density at radius 1 is 1.21 bits per heavy atom. The van der Waals surface area contributed by atoms with Crippen LogP contribution in [0.3, 0.4) is 0 Å². The number of aryl methyl sites for hydroxylation is 1. The second kappa shape index (κ2) is 8.10. The fourth-order valence-electron chi connectivity index (χ4n) is 4.04. The van der Waals surface area contributed by atoms with Gasteiger partial charge in [0.05, 0.1) is 36.5 Å². The number of hydrogen-bond acceptors (Lipinski definition) is 5. The Kier molecular flexibility index (Phi) is 5.38. The highest BCUT2D eigenvalue weighted by Gasteiger charge is 2.43. The highest BCUT2D eigenvalue weighted by molar-refractivity contribution is 5.81. The summed E-state index contributed by atoms with van der Waals surface area (Å²) in [6, 6.07) is 7.53. The van der Waals surface area contributed by atoms with Crippen LogP contribution in [-0.2, 0) is 34.3 Å². The van der Waals surface area contributed by atoms with E-state index in [2.05, 4.69) is 15.4 Å². The number of fused-ring (bicyclic) bond motifs is 1. The highest BCUT2D eigenvalue weighted by atomic mass is 16.5. The van der Waals surface area contributed by atoms with Crippen molar-refractivity contribution in [2.24, 2.45) is 7.05 Å². The van der Waals surface area contributed by atoms with Crippen molar-refractivity contribution < 1.29 is 14.3 Å². The second-order valence-corrected chi connectivity index (χ2v) is 7.38. The third-order valence-electron chi connectivity index (χ3n) is 5.43. The Morgan fingerprint density at radius 3 is 2.86 bits per heavy atom. The van der Waals surface area contributed by atoms with E-state index >= 15 is 0 Å². The molecule has 0 unspecified atom stereocenters. The lowest BCUT2D eigenvalue weighted by Gasteiger charge is -2.35. The third-order valence-corrected chi connectivity index (χ3v) is 5.43. The number of carbonyl (C=O) groups is 2. The Hall–Kier alpha value is -2.74. The maximum absolute atomic E-state index is 12.7. The zero-order valence-corrected chi connectivity index (χ0v) is 16.0. The van der Waals surface area contributed by atoms with E-state index in [1.54, 1.807) is 10.9 Å². The van der Waals surface area contributed by atoms with Crippen LogP contribution >= 0.6 is 0 Å². The normalized spacial score (nSPS) is 24.0. The summed E-state index contributed by atoms with van der Waals surface area (Å²) in [6.45, 7) is 1.06. The van der Waals surface area contributed by atoms with Crippen LogP contribution in [0.2, 0.25) is 0 Å². The first-order valence-corrected chi connectivity index (χ1v) is 9.71. The van der Waals surface area contributed by atoms with Gasteiger partial charge in [-0.15, -0.1) is 0 Å². The van der Waals surface area contributed by atoms with E-state index in [-0.39, 0.29) is 24.0 Å². The van der Waals surface area contributed by atoms with Crippen LogP contribution < -0.4 is 5.32 Å². The van der Waals surface area contributed by atoms with Gasteiger partial charge in [-0.25, -0.2) is 0 Å². The van der Waals surface area contributed by atoms with E-state index in [1.165, 1.54) is 0 Å². The van der Waals surface area contributed by atoms with Crippen molar-refractivity contribution in [1.29, 1.82) is 0 Å². The van der Waals surface area contributed by atoms with Crippen molar-refractivity contribution in [3.63, 3.8) is 0 Å². The Labute approximate surface area is 163 Å². The van der Waals surface area contributed by atoms with Gasteiger partial charge in [-0.05, 0) is 37.5 Å². The lowest BCUT2D eigenvalue weighted by molar-refractivity contribution is -0.147. The molecule has 4 rings (SSSR count). The molecular weight excluding hydrogens is 358 g/mol. The van der Waals surface area contributed by atoms with Gasteiger partial charge in [-0.2, -0.15) is 5.10 Å². The fourth-order valence-corrected chi connectivity index (χ4v) is 4.04. The molecule has 1 N–H and O–H groups in total. The Balaban J connectivity index is 1.29. The molecule has 2 saturated heterocycles.